The van der Waals surface area contributed by atoms with Crippen molar-refractivity contribution in [3.8, 4) is 0 Å². The van der Waals surface area contributed by atoms with Gasteiger partial charge in [0.1, 0.15) is 0 Å². The van der Waals surface area contributed by atoms with Crippen LogP contribution in [0.25, 0.3) is 11.0 Å². The number of pyridine rings is 1. The first-order valence-electron chi connectivity index (χ1n) is 9.24. The molecule has 27 heavy (non-hydrogen) atoms. The maximum Gasteiger partial charge on any atom is 0.254 e. The van der Waals surface area contributed by atoms with E-state index in [2.05, 4.69) is 55.1 Å². The van der Waals surface area contributed by atoms with Crippen molar-refractivity contribution in [2.45, 2.75) is 46.6 Å². The van der Waals surface area contributed by atoms with Gasteiger partial charge in [0.05, 0.1) is 16.6 Å². The Hall–Kier alpha value is -2.69. The van der Waals surface area contributed by atoms with Crippen molar-refractivity contribution in [2.24, 2.45) is 7.05 Å². The van der Waals surface area contributed by atoms with Gasteiger partial charge in [-0.2, -0.15) is 5.10 Å². The minimum Gasteiger partial charge on any atom is -0.337 e. The van der Waals surface area contributed by atoms with E-state index >= 15 is 0 Å². The predicted octanol–water partition coefficient (Wildman–Crippen LogP) is 4.15. The molecule has 0 aliphatic heterocycles. The second kappa shape index (κ2) is 6.80. The molecule has 5 heteroatoms. The van der Waals surface area contributed by atoms with Gasteiger partial charge in [-0.15, -0.1) is 0 Å². The lowest BCUT2D eigenvalue weighted by Crippen LogP contribution is -2.26. The van der Waals surface area contributed by atoms with Crippen molar-refractivity contribution in [1.82, 2.24) is 19.7 Å². The highest BCUT2D eigenvalue weighted by Gasteiger charge is 2.21. The van der Waals surface area contributed by atoms with Gasteiger partial charge >= 0.3 is 0 Å². The fourth-order valence-corrected chi connectivity index (χ4v) is 3.40. The summed E-state index contributed by atoms with van der Waals surface area (Å²) in [5.41, 5.74) is 5.58. The van der Waals surface area contributed by atoms with E-state index in [4.69, 9.17) is 0 Å². The van der Waals surface area contributed by atoms with Crippen LogP contribution in [0.4, 0.5) is 0 Å². The molecule has 2 heterocycles. The Morgan fingerprint density at radius 2 is 1.78 bits per heavy atom. The average molecular weight is 364 g/mol. The Bertz CT molecular complexity index is 994. The van der Waals surface area contributed by atoms with Crippen molar-refractivity contribution in [3.05, 3.63) is 58.4 Å². The number of rotatable bonds is 3. The molecule has 1 amide bonds. The van der Waals surface area contributed by atoms with Crippen LogP contribution in [0.5, 0.6) is 0 Å². The molecule has 0 aliphatic rings. The predicted molar refractivity (Wildman–Crippen MR) is 109 cm³/mol. The number of fused-ring (bicyclic) bond motifs is 1. The first-order chi connectivity index (χ1) is 12.6. The van der Waals surface area contributed by atoms with Gasteiger partial charge in [0.25, 0.3) is 5.91 Å². The minimum atomic E-state index is -0.0125. The first-order valence-corrected chi connectivity index (χ1v) is 9.24. The Balaban J connectivity index is 1.89. The minimum absolute atomic E-state index is 0.0125. The van der Waals surface area contributed by atoms with E-state index in [1.807, 2.05) is 34.0 Å². The maximum absolute atomic E-state index is 13.2. The average Bonchev–Trinajstić information content (AvgIpc) is 2.87. The van der Waals surface area contributed by atoms with E-state index in [0.29, 0.717) is 12.1 Å². The van der Waals surface area contributed by atoms with Crippen LogP contribution in [0.1, 0.15) is 53.6 Å². The zero-order valence-corrected chi connectivity index (χ0v) is 17.3. The van der Waals surface area contributed by atoms with Crippen LogP contribution in [0, 0.1) is 13.8 Å². The van der Waals surface area contributed by atoms with Crippen molar-refractivity contribution in [1.29, 1.82) is 0 Å². The molecule has 0 radical (unpaired) electrons. The van der Waals surface area contributed by atoms with Crippen molar-refractivity contribution >= 4 is 16.9 Å². The molecule has 0 atom stereocenters. The number of aromatic nitrogens is 3. The number of carbonyl (C=O) groups is 1. The molecule has 3 rings (SSSR count). The number of hydrogen-bond acceptors (Lipinski definition) is 3. The van der Waals surface area contributed by atoms with Gasteiger partial charge in [-0.05, 0) is 36.5 Å². The quantitative estimate of drug-likeness (QED) is 0.701. The van der Waals surface area contributed by atoms with Crippen molar-refractivity contribution < 1.29 is 4.79 Å². The molecule has 0 fully saturated rings. The van der Waals surface area contributed by atoms with Crippen LogP contribution in [0.15, 0.2) is 30.3 Å². The summed E-state index contributed by atoms with van der Waals surface area (Å²) in [6.07, 6.45) is 0. The number of benzene rings is 1. The summed E-state index contributed by atoms with van der Waals surface area (Å²) in [5.74, 6) is -0.0125. The van der Waals surface area contributed by atoms with Crippen LogP contribution in [0.2, 0.25) is 0 Å². The molecule has 0 aliphatic carbocycles. The van der Waals surface area contributed by atoms with Gasteiger partial charge in [-0.1, -0.05) is 45.0 Å². The monoisotopic (exact) mass is 364 g/mol. The van der Waals surface area contributed by atoms with E-state index in [9.17, 15) is 4.79 Å². The second-order valence-electron chi connectivity index (χ2n) is 8.33. The molecule has 0 saturated carbocycles. The molecule has 0 spiro atoms. The Morgan fingerprint density at radius 3 is 2.37 bits per heavy atom. The summed E-state index contributed by atoms with van der Waals surface area (Å²) >= 11 is 0. The molecule has 142 valence electrons. The summed E-state index contributed by atoms with van der Waals surface area (Å²) in [5, 5.41) is 5.27. The molecule has 5 nitrogen and oxygen atoms in total. The number of amides is 1. The summed E-state index contributed by atoms with van der Waals surface area (Å²) in [6.45, 7) is 11.0. The third kappa shape index (κ3) is 3.72. The summed E-state index contributed by atoms with van der Waals surface area (Å²) in [4.78, 5) is 19.5. The highest BCUT2D eigenvalue weighted by atomic mass is 16.2. The molecule has 1 aromatic carbocycles. The SMILES string of the molecule is Cc1cc(C(=O)N(C)Cc2ccc(C(C)(C)C)cc2)c2c(C)nn(C)c2n1. The lowest BCUT2D eigenvalue weighted by atomic mass is 9.87. The van der Waals surface area contributed by atoms with E-state index < -0.39 is 0 Å². The lowest BCUT2D eigenvalue weighted by Gasteiger charge is -2.21. The summed E-state index contributed by atoms with van der Waals surface area (Å²) < 4.78 is 1.74. The Labute approximate surface area is 161 Å². The third-order valence-corrected chi connectivity index (χ3v) is 4.91. The topological polar surface area (TPSA) is 51.0 Å². The van der Waals surface area contributed by atoms with Crippen LogP contribution >= 0.6 is 0 Å². The number of nitrogens with zero attached hydrogens (tertiary/aromatic N) is 4. The summed E-state index contributed by atoms with van der Waals surface area (Å²) in [7, 11) is 3.70. The fourth-order valence-electron chi connectivity index (χ4n) is 3.40. The Kier molecular flexibility index (Phi) is 4.81. The van der Waals surface area contributed by atoms with E-state index in [-0.39, 0.29) is 11.3 Å². The van der Waals surface area contributed by atoms with Crippen LogP contribution < -0.4 is 0 Å². The van der Waals surface area contributed by atoms with Crippen molar-refractivity contribution in [2.75, 3.05) is 7.05 Å². The van der Waals surface area contributed by atoms with Crippen LogP contribution in [-0.4, -0.2) is 32.6 Å². The third-order valence-electron chi connectivity index (χ3n) is 4.91. The smallest absolute Gasteiger partial charge is 0.254 e. The normalized spacial score (nSPS) is 11.8. The maximum atomic E-state index is 13.2. The van der Waals surface area contributed by atoms with Crippen LogP contribution in [0.3, 0.4) is 0 Å². The van der Waals surface area contributed by atoms with E-state index in [0.717, 1.165) is 28.0 Å². The summed E-state index contributed by atoms with van der Waals surface area (Å²) in [6, 6.07) is 10.4. The van der Waals surface area contributed by atoms with E-state index in [1.165, 1.54) is 5.56 Å². The molecule has 2 aromatic heterocycles. The number of aryl methyl sites for hydroxylation is 3. The second-order valence-corrected chi connectivity index (χ2v) is 8.33. The van der Waals surface area contributed by atoms with Gasteiger partial charge in [0.15, 0.2) is 5.65 Å². The largest absolute Gasteiger partial charge is 0.337 e. The molecule has 0 N–H and O–H groups in total. The highest BCUT2D eigenvalue weighted by molar-refractivity contribution is 6.06. The fraction of sp³-hybridized carbons (Fsp3) is 0.409. The standard InChI is InChI=1S/C22H28N4O/c1-14-12-18(19-15(2)24-26(7)20(19)23-14)21(27)25(6)13-16-8-10-17(11-9-16)22(3,4)5/h8-12H,13H2,1-7H3. The molecule has 0 bridgehead atoms. The molecule has 0 unspecified atom stereocenters. The van der Waals surface area contributed by atoms with Gasteiger partial charge < -0.3 is 4.90 Å². The molecule has 3 aromatic rings. The molecular formula is C22H28N4O. The number of carbonyl (C=O) groups excluding carboxylic acids is 1. The van der Waals surface area contributed by atoms with Gasteiger partial charge in [-0.3, -0.25) is 9.48 Å². The van der Waals surface area contributed by atoms with Crippen LogP contribution in [-0.2, 0) is 19.0 Å². The zero-order chi connectivity index (χ0) is 19.9. The zero-order valence-electron chi connectivity index (χ0n) is 17.3. The Morgan fingerprint density at radius 1 is 1.15 bits per heavy atom. The van der Waals surface area contributed by atoms with E-state index in [1.54, 1.807) is 9.58 Å². The van der Waals surface area contributed by atoms with Crippen molar-refractivity contribution in [3.63, 3.8) is 0 Å². The molecular weight excluding hydrogens is 336 g/mol. The number of hydrogen-bond donors (Lipinski definition) is 0. The van der Waals surface area contributed by atoms with Gasteiger partial charge in [0, 0.05) is 26.3 Å². The highest BCUT2D eigenvalue weighted by Crippen LogP contribution is 2.24. The lowest BCUT2D eigenvalue weighted by molar-refractivity contribution is 0.0787. The van der Waals surface area contributed by atoms with Gasteiger partial charge in [0.2, 0.25) is 0 Å². The molecule has 0 saturated heterocycles. The first kappa shape index (κ1) is 19.1. The van der Waals surface area contributed by atoms with Gasteiger partial charge in [-0.25, -0.2) is 4.98 Å².